The van der Waals surface area contributed by atoms with Crippen LogP contribution in [0.5, 0.6) is 0 Å². The molecule has 3 nitrogen and oxygen atoms in total. The zero-order chi connectivity index (χ0) is 11.7. The fourth-order valence-electron chi connectivity index (χ4n) is 1.91. The van der Waals surface area contributed by atoms with Gasteiger partial charge in [-0.1, -0.05) is 18.2 Å². The van der Waals surface area contributed by atoms with Crippen LogP contribution in [0.3, 0.4) is 0 Å². The Hall–Kier alpha value is -2.29. The number of fused-ring (bicyclic) bond motifs is 1. The maximum absolute atomic E-state index is 4.59. The van der Waals surface area contributed by atoms with Gasteiger partial charge in [0.05, 0.1) is 5.69 Å². The van der Waals surface area contributed by atoms with E-state index in [1.54, 1.807) is 0 Å². The first kappa shape index (κ1) is 9.90. The molecule has 0 aliphatic heterocycles. The van der Waals surface area contributed by atoms with E-state index in [9.17, 15) is 0 Å². The van der Waals surface area contributed by atoms with Gasteiger partial charge >= 0.3 is 0 Å². The lowest BCUT2D eigenvalue weighted by atomic mass is 10.1. The van der Waals surface area contributed by atoms with Gasteiger partial charge in [0.1, 0.15) is 5.65 Å². The number of hydrogen-bond donors (Lipinski definition) is 1. The topological polar surface area (TPSA) is 29.3 Å². The second-order valence-corrected chi connectivity index (χ2v) is 3.92. The lowest BCUT2D eigenvalue weighted by Gasteiger charge is -2.01. The van der Waals surface area contributed by atoms with Crippen molar-refractivity contribution in [2.75, 3.05) is 12.4 Å². The molecule has 0 radical (unpaired) electrons. The molecule has 3 heteroatoms. The van der Waals surface area contributed by atoms with Crippen molar-refractivity contribution in [3.8, 4) is 11.3 Å². The number of imidazole rings is 1. The predicted molar refractivity (Wildman–Crippen MR) is 70.2 cm³/mol. The van der Waals surface area contributed by atoms with Crippen LogP contribution in [0, 0.1) is 0 Å². The molecule has 0 fully saturated rings. The van der Waals surface area contributed by atoms with Gasteiger partial charge in [-0.3, -0.25) is 0 Å². The van der Waals surface area contributed by atoms with Gasteiger partial charge in [-0.25, -0.2) is 4.98 Å². The van der Waals surface area contributed by atoms with Gasteiger partial charge in [-0.15, -0.1) is 0 Å². The van der Waals surface area contributed by atoms with Crippen molar-refractivity contribution in [1.82, 2.24) is 9.38 Å². The van der Waals surface area contributed by atoms with Gasteiger partial charge in [0.25, 0.3) is 0 Å². The minimum atomic E-state index is 0.970. The fraction of sp³-hybridized carbons (Fsp3) is 0.0714. The Bertz CT molecular complexity index is 622. The Balaban J connectivity index is 2.13. The number of anilines is 1. The van der Waals surface area contributed by atoms with Crippen LogP contribution in [0.2, 0.25) is 0 Å². The van der Waals surface area contributed by atoms with Gasteiger partial charge in [-0.05, 0) is 24.3 Å². The smallest absolute Gasteiger partial charge is 0.137 e. The molecule has 0 unspecified atom stereocenters. The molecule has 3 rings (SSSR count). The van der Waals surface area contributed by atoms with Gasteiger partial charge in [0, 0.05) is 30.7 Å². The fourth-order valence-corrected chi connectivity index (χ4v) is 1.91. The maximum Gasteiger partial charge on any atom is 0.137 e. The minimum Gasteiger partial charge on any atom is -0.388 e. The summed E-state index contributed by atoms with van der Waals surface area (Å²) in [6.07, 6.45) is 4.05. The van der Waals surface area contributed by atoms with Crippen LogP contribution in [-0.2, 0) is 0 Å². The molecule has 0 atom stereocenters. The zero-order valence-corrected chi connectivity index (χ0v) is 9.59. The Morgan fingerprint density at radius 3 is 2.88 bits per heavy atom. The SMILES string of the molecule is CNc1cccc(-c2cn3ccccc3n2)c1. The zero-order valence-electron chi connectivity index (χ0n) is 9.59. The highest BCUT2D eigenvalue weighted by molar-refractivity contribution is 5.67. The number of aromatic nitrogens is 2. The van der Waals surface area contributed by atoms with Crippen LogP contribution in [0.1, 0.15) is 0 Å². The molecule has 0 aliphatic rings. The number of nitrogens with one attached hydrogen (secondary N) is 1. The normalized spacial score (nSPS) is 10.6. The van der Waals surface area contributed by atoms with Crippen LogP contribution in [0.25, 0.3) is 16.9 Å². The molecule has 84 valence electrons. The average molecular weight is 223 g/mol. The Kier molecular flexibility index (Phi) is 2.29. The predicted octanol–water partition coefficient (Wildman–Crippen LogP) is 3.04. The van der Waals surface area contributed by atoms with E-state index in [0.717, 1.165) is 22.6 Å². The van der Waals surface area contributed by atoms with Crippen LogP contribution < -0.4 is 5.32 Å². The third-order valence-electron chi connectivity index (χ3n) is 2.81. The largest absolute Gasteiger partial charge is 0.388 e. The number of pyridine rings is 1. The van der Waals surface area contributed by atoms with Crippen molar-refractivity contribution in [2.24, 2.45) is 0 Å². The number of benzene rings is 1. The number of rotatable bonds is 2. The summed E-state index contributed by atoms with van der Waals surface area (Å²) in [6, 6.07) is 14.2. The maximum atomic E-state index is 4.59. The molecule has 0 amide bonds. The lowest BCUT2D eigenvalue weighted by Crippen LogP contribution is -1.87. The van der Waals surface area contributed by atoms with Gasteiger partial charge in [0.2, 0.25) is 0 Å². The van der Waals surface area contributed by atoms with Crippen molar-refractivity contribution in [3.05, 3.63) is 54.9 Å². The summed E-state index contributed by atoms with van der Waals surface area (Å²) >= 11 is 0. The second kappa shape index (κ2) is 3.94. The van der Waals surface area contributed by atoms with Crippen molar-refractivity contribution in [2.45, 2.75) is 0 Å². The first-order valence-electron chi connectivity index (χ1n) is 5.59. The molecule has 0 saturated heterocycles. The quantitative estimate of drug-likeness (QED) is 0.723. The highest BCUT2D eigenvalue weighted by Crippen LogP contribution is 2.21. The summed E-state index contributed by atoms with van der Waals surface area (Å²) < 4.78 is 2.03. The van der Waals surface area contributed by atoms with E-state index < -0.39 is 0 Å². The molecule has 0 aliphatic carbocycles. The third kappa shape index (κ3) is 1.76. The molecule has 3 aromatic rings. The van der Waals surface area contributed by atoms with Gasteiger partial charge in [-0.2, -0.15) is 0 Å². The first-order chi connectivity index (χ1) is 8.36. The Morgan fingerprint density at radius 1 is 1.12 bits per heavy atom. The van der Waals surface area contributed by atoms with Crippen LogP contribution in [0.4, 0.5) is 5.69 Å². The van der Waals surface area contributed by atoms with Crippen LogP contribution in [0.15, 0.2) is 54.9 Å². The number of hydrogen-bond acceptors (Lipinski definition) is 2. The lowest BCUT2D eigenvalue weighted by molar-refractivity contribution is 1.19. The van der Waals surface area contributed by atoms with E-state index >= 15 is 0 Å². The van der Waals surface area contributed by atoms with Crippen molar-refractivity contribution in [1.29, 1.82) is 0 Å². The molecule has 1 N–H and O–H groups in total. The second-order valence-electron chi connectivity index (χ2n) is 3.92. The van der Waals surface area contributed by atoms with Gasteiger partial charge in [0.15, 0.2) is 0 Å². The monoisotopic (exact) mass is 223 g/mol. The molecule has 2 aromatic heterocycles. The van der Waals surface area contributed by atoms with E-state index in [1.807, 2.05) is 54.2 Å². The minimum absolute atomic E-state index is 0.970. The molecule has 0 spiro atoms. The average Bonchev–Trinajstić information content (AvgIpc) is 2.82. The van der Waals surface area contributed by atoms with Gasteiger partial charge < -0.3 is 9.72 Å². The summed E-state index contributed by atoms with van der Waals surface area (Å²) in [5, 5.41) is 3.14. The summed E-state index contributed by atoms with van der Waals surface area (Å²) in [5.41, 5.74) is 4.19. The molecular formula is C14H13N3. The highest BCUT2D eigenvalue weighted by atomic mass is 15.0. The van der Waals surface area contributed by atoms with E-state index in [4.69, 9.17) is 0 Å². The highest BCUT2D eigenvalue weighted by Gasteiger charge is 2.03. The van der Waals surface area contributed by atoms with E-state index in [-0.39, 0.29) is 0 Å². The summed E-state index contributed by atoms with van der Waals surface area (Å²) in [4.78, 5) is 4.59. The molecule has 0 bridgehead atoms. The standard InChI is InChI=1S/C14H13N3/c1-15-12-6-4-5-11(9-12)13-10-17-8-3-2-7-14(17)16-13/h2-10,15H,1H3. The summed E-state index contributed by atoms with van der Waals surface area (Å²) in [7, 11) is 1.92. The number of nitrogens with zero attached hydrogens (tertiary/aromatic N) is 2. The molecule has 0 saturated carbocycles. The van der Waals surface area contributed by atoms with Crippen molar-refractivity contribution < 1.29 is 0 Å². The van der Waals surface area contributed by atoms with Crippen molar-refractivity contribution >= 4 is 11.3 Å². The third-order valence-corrected chi connectivity index (χ3v) is 2.81. The van der Waals surface area contributed by atoms with E-state index in [2.05, 4.69) is 22.4 Å². The van der Waals surface area contributed by atoms with Crippen LogP contribution >= 0.6 is 0 Å². The molecule has 2 heterocycles. The van der Waals surface area contributed by atoms with Crippen molar-refractivity contribution in [3.63, 3.8) is 0 Å². The molecule has 1 aromatic carbocycles. The van der Waals surface area contributed by atoms with E-state index in [1.165, 1.54) is 0 Å². The van der Waals surface area contributed by atoms with E-state index in [0.29, 0.717) is 0 Å². The molecular weight excluding hydrogens is 210 g/mol. The first-order valence-corrected chi connectivity index (χ1v) is 5.59. The Labute approximate surface area is 99.7 Å². The Morgan fingerprint density at radius 2 is 2.06 bits per heavy atom. The van der Waals surface area contributed by atoms with Crippen LogP contribution in [-0.4, -0.2) is 16.4 Å². The summed E-state index contributed by atoms with van der Waals surface area (Å²) in [6.45, 7) is 0. The summed E-state index contributed by atoms with van der Waals surface area (Å²) in [5.74, 6) is 0. The molecule has 17 heavy (non-hydrogen) atoms.